The summed E-state index contributed by atoms with van der Waals surface area (Å²) < 4.78 is 77.3. The fraction of sp³-hybridized carbons (Fsp3) is 0.318. The normalized spacial score (nSPS) is 15.3. The average Bonchev–Trinajstić information content (AvgIpc) is 3.33. The number of aromatic nitrogens is 1. The first-order valence-corrected chi connectivity index (χ1v) is 13.0. The molecule has 0 radical (unpaired) electrons. The molecular formula is C22H21ClF3N3O4S2. The molecule has 0 amide bonds. The number of benzene rings is 2. The van der Waals surface area contributed by atoms with Gasteiger partial charge >= 0.3 is 6.18 Å². The number of ether oxygens (including phenoxy) is 2. The van der Waals surface area contributed by atoms with Gasteiger partial charge in [0, 0.05) is 37.1 Å². The van der Waals surface area contributed by atoms with Crippen LogP contribution in [0.3, 0.4) is 0 Å². The molecule has 4 rings (SSSR count). The van der Waals surface area contributed by atoms with Crippen molar-refractivity contribution in [2.75, 3.05) is 45.3 Å². The summed E-state index contributed by atoms with van der Waals surface area (Å²) in [5, 5.41) is 2.31. The van der Waals surface area contributed by atoms with Crippen molar-refractivity contribution in [1.29, 1.82) is 0 Å². The predicted molar refractivity (Wildman–Crippen MR) is 128 cm³/mol. The highest BCUT2D eigenvalue weighted by Gasteiger charge is 2.35. The second-order valence-corrected chi connectivity index (χ2v) is 10.8. The summed E-state index contributed by atoms with van der Waals surface area (Å²) in [6, 6.07) is 7.69. The van der Waals surface area contributed by atoms with E-state index in [1.165, 1.54) is 11.3 Å². The van der Waals surface area contributed by atoms with Crippen molar-refractivity contribution in [1.82, 2.24) is 9.29 Å². The number of halogens is 4. The van der Waals surface area contributed by atoms with Crippen LogP contribution in [-0.4, -0.2) is 58.1 Å². The van der Waals surface area contributed by atoms with E-state index < -0.39 is 26.7 Å². The van der Waals surface area contributed by atoms with E-state index in [1.54, 1.807) is 26.4 Å². The molecule has 3 aromatic rings. The minimum absolute atomic E-state index is 0.0757. The van der Waals surface area contributed by atoms with Gasteiger partial charge in [-0.2, -0.15) is 17.5 Å². The lowest BCUT2D eigenvalue weighted by molar-refractivity contribution is -0.137. The first-order valence-electron chi connectivity index (χ1n) is 10.3. The van der Waals surface area contributed by atoms with Gasteiger partial charge in [0.1, 0.15) is 16.4 Å². The zero-order valence-corrected chi connectivity index (χ0v) is 21.1. The topological polar surface area (TPSA) is 72.0 Å². The van der Waals surface area contributed by atoms with Gasteiger partial charge in [-0.3, -0.25) is 0 Å². The summed E-state index contributed by atoms with van der Waals surface area (Å²) >= 11 is 7.37. The summed E-state index contributed by atoms with van der Waals surface area (Å²) in [6.45, 7) is 0.786. The van der Waals surface area contributed by atoms with Crippen molar-refractivity contribution >= 4 is 38.1 Å². The molecule has 0 saturated carbocycles. The van der Waals surface area contributed by atoms with Crippen LogP contribution in [-0.2, 0) is 16.2 Å². The third-order valence-electron chi connectivity index (χ3n) is 5.56. The number of hydrogen-bond donors (Lipinski definition) is 0. The summed E-state index contributed by atoms with van der Waals surface area (Å²) in [7, 11) is -1.08. The van der Waals surface area contributed by atoms with Crippen LogP contribution < -0.4 is 14.4 Å². The zero-order chi connectivity index (χ0) is 25.4. The molecule has 0 bridgehead atoms. The van der Waals surface area contributed by atoms with Gasteiger partial charge in [0.25, 0.3) is 0 Å². The van der Waals surface area contributed by atoms with E-state index >= 15 is 0 Å². The molecule has 35 heavy (non-hydrogen) atoms. The molecule has 0 unspecified atom stereocenters. The van der Waals surface area contributed by atoms with Crippen molar-refractivity contribution in [3.63, 3.8) is 0 Å². The minimum Gasteiger partial charge on any atom is -0.497 e. The van der Waals surface area contributed by atoms with Crippen LogP contribution in [0.5, 0.6) is 11.5 Å². The van der Waals surface area contributed by atoms with Crippen molar-refractivity contribution in [3.05, 3.63) is 52.4 Å². The first kappa shape index (κ1) is 25.5. The van der Waals surface area contributed by atoms with Gasteiger partial charge in [0.05, 0.1) is 30.5 Å². The monoisotopic (exact) mass is 547 g/mol. The van der Waals surface area contributed by atoms with Crippen LogP contribution >= 0.6 is 22.9 Å². The molecule has 2 aromatic carbocycles. The Bertz CT molecular complexity index is 1320. The van der Waals surface area contributed by atoms with Gasteiger partial charge in [0.2, 0.25) is 10.0 Å². The van der Waals surface area contributed by atoms with Crippen molar-refractivity contribution in [2.45, 2.75) is 11.1 Å². The Morgan fingerprint density at radius 1 is 1.03 bits per heavy atom. The Balaban J connectivity index is 1.51. The maximum atomic E-state index is 13.1. The molecule has 0 aliphatic carbocycles. The number of anilines is 1. The number of rotatable bonds is 6. The van der Waals surface area contributed by atoms with E-state index in [-0.39, 0.29) is 18.1 Å². The molecule has 188 valence electrons. The van der Waals surface area contributed by atoms with Gasteiger partial charge in [-0.15, -0.1) is 11.3 Å². The van der Waals surface area contributed by atoms with Crippen molar-refractivity contribution < 1.29 is 31.1 Å². The van der Waals surface area contributed by atoms with E-state index in [4.69, 9.17) is 21.1 Å². The van der Waals surface area contributed by atoms with Crippen LogP contribution in [0.4, 0.5) is 18.3 Å². The molecule has 2 heterocycles. The number of hydrogen-bond acceptors (Lipinski definition) is 7. The second-order valence-electron chi connectivity index (χ2n) is 7.62. The first-order chi connectivity index (χ1) is 16.5. The molecule has 7 nitrogen and oxygen atoms in total. The van der Waals surface area contributed by atoms with Gasteiger partial charge in [-0.05, 0) is 36.4 Å². The molecule has 13 heteroatoms. The van der Waals surface area contributed by atoms with Crippen LogP contribution in [0, 0.1) is 0 Å². The van der Waals surface area contributed by atoms with Crippen molar-refractivity contribution in [2.24, 2.45) is 0 Å². The number of methoxy groups -OCH3 is 2. The third-order valence-corrected chi connectivity index (χ3v) is 8.84. The van der Waals surface area contributed by atoms with Crippen LogP contribution in [0.1, 0.15) is 5.56 Å². The van der Waals surface area contributed by atoms with Crippen molar-refractivity contribution in [3.8, 4) is 22.8 Å². The minimum atomic E-state index is -4.68. The SMILES string of the molecule is COc1ccc(OC)c(-c2csc(N3CCN(S(=O)(=O)c4cc(C(F)(F)F)ccc4Cl)CC3)n2)c1. The molecular weight excluding hydrogens is 527 g/mol. The Morgan fingerprint density at radius 3 is 2.37 bits per heavy atom. The smallest absolute Gasteiger partial charge is 0.416 e. The van der Waals surface area contributed by atoms with Gasteiger partial charge in [0.15, 0.2) is 5.13 Å². The van der Waals surface area contributed by atoms with E-state index in [2.05, 4.69) is 4.98 Å². The number of nitrogens with zero attached hydrogens (tertiary/aromatic N) is 3. The van der Waals surface area contributed by atoms with Crippen LogP contribution in [0.15, 0.2) is 46.7 Å². The number of sulfonamides is 1. The van der Waals surface area contributed by atoms with Crippen LogP contribution in [0.2, 0.25) is 5.02 Å². The maximum absolute atomic E-state index is 13.1. The lowest BCUT2D eigenvalue weighted by Gasteiger charge is -2.34. The highest BCUT2D eigenvalue weighted by atomic mass is 35.5. The van der Waals surface area contributed by atoms with E-state index in [0.29, 0.717) is 41.5 Å². The average molecular weight is 548 g/mol. The molecule has 0 atom stereocenters. The lowest BCUT2D eigenvalue weighted by Crippen LogP contribution is -2.48. The van der Waals surface area contributed by atoms with Crippen LogP contribution in [0.25, 0.3) is 11.3 Å². The van der Waals surface area contributed by atoms with Gasteiger partial charge in [-0.25, -0.2) is 13.4 Å². The molecule has 1 fully saturated rings. The highest BCUT2D eigenvalue weighted by Crippen LogP contribution is 2.37. The molecule has 1 aromatic heterocycles. The summed E-state index contributed by atoms with van der Waals surface area (Å²) in [5.41, 5.74) is 0.378. The highest BCUT2D eigenvalue weighted by molar-refractivity contribution is 7.89. The van der Waals surface area contributed by atoms with Gasteiger partial charge < -0.3 is 14.4 Å². The molecule has 1 aliphatic heterocycles. The zero-order valence-electron chi connectivity index (χ0n) is 18.7. The summed E-state index contributed by atoms with van der Waals surface area (Å²) in [5.74, 6) is 1.29. The molecule has 1 aliphatic rings. The Labute approximate surface area is 209 Å². The number of thiazole rings is 1. The standard InChI is InChI=1S/C22H21ClF3N3O4S2/c1-32-15-4-6-19(33-2)16(12-15)18-13-34-21(27-18)28-7-9-29(10-8-28)35(30,31)20-11-14(22(24,25)26)3-5-17(20)23/h3-6,11-13H,7-10H2,1-2H3. The Kier molecular flexibility index (Phi) is 7.18. The molecule has 0 N–H and O–H groups in total. The predicted octanol–water partition coefficient (Wildman–Crippen LogP) is 5.01. The Morgan fingerprint density at radius 2 is 1.74 bits per heavy atom. The fourth-order valence-electron chi connectivity index (χ4n) is 3.68. The Hall–Kier alpha value is -2.54. The maximum Gasteiger partial charge on any atom is 0.416 e. The van der Waals surface area contributed by atoms with E-state index in [9.17, 15) is 21.6 Å². The lowest BCUT2D eigenvalue weighted by atomic mass is 10.1. The summed E-state index contributed by atoms with van der Waals surface area (Å²) in [4.78, 5) is 6.06. The van der Waals surface area contributed by atoms with Gasteiger partial charge in [-0.1, -0.05) is 11.6 Å². The number of alkyl halides is 3. The molecule has 0 spiro atoms. The fourth-order valence-corrected chi connectivity index (χ4v) is 6.49. The third kappa shape index (κ3) is 5.20. The largest absolute Gasteiger partial charge is 0.497 e. The van der Waals surface area contributed by atoms with E-state index in [0.717, 1.165) is 22.0 Å². The second kappa shape index (κ2) is 9.84. The van der Waals surface area contributed by atoms with E-state index in [1.807, 2.05) is 16.3 Å². The number of piperazine rings is 1. The summed E-state index contributed by atoms with van der Waals surface area (Å²) in [6.07, 6.45) is -4.68. The molecule has 1 saturated heterocycles. The quantitative estimate of drug-likeness (QED) is 0.432.